The molecule has 0 aliphatic rings. The second kappa shape index (κ2) is 8.93. The Morgan fingerprint density at radius 2 is 2.00 bits per heavy atom. The number of amides is 1. The molecule has 0 radical (unpaired) electrons. The monoisotopic (exact) mass is 431 g/mol. The molecule has 0 saturated carbocycles. The molecule has 8 nitrogen and oxygen atoms in total. The minimum Gasteiger partial charge on any atom is -0.381 e. The normalized spacial score (nSPS) is 11.8. The van der Waals surface area contributed by atoms with Crippen LogP contribution in [0.3, 0.4) is 0 Å². The highest BCUT2D eigenvalue weighted by atomic mass is 19.1. The van der Waals surface area contributed by atoms with Crippen molar-refractivity contribution in [3.63, 3.8) is 0 Å². The number of benzene rings is 1. The Hall–Kier alpha value is -4.14. The fraction of sp³-hybridized carbons (Fsp3) is 0.174. The second-order valence-electron chi connectivity index (χ2n) is 7.34. The van der Waals surface area contributed by atoms with Crippen LogP contribution in [0.1, 0.15) is 28.8 Å². The van der Waals surface area contributed by atoms with E-state index in [4.69, 9.17) is 5.73 Å². The van der Waals surface area contributed by atoms with Crippen LogP contribution in [0.15, 0.2) is 55.1 Å². The molecule has 3 aromatic heterocycles. The van der Waals surface area contributed by atoms with Gasteiger partial charge in [-0.25, -0.2) is 19.3 Å². The van der Waals surface area contributed by atoms with E-state index in [-0.39, 0.29) is 17.6 Å². The lowest BCUT2D eigenvalue weighted by molar-refractivity contribution is 0.0964. The SMILES string of the molecule is CNC(=O)c1ccnc2c([C@H](C)CNc3cc(-c4cnc(N)c(F)c4)ncn3)cccc12. The van der Waals surface area contributed by atoms with Crippen LogP contribution in [0.25, 0.3) is 22.2 Å². The molecule has 1 atom stereocenters. The summed E-state index contributed by atoms with van der Waals surface area (Å²) in [4.78, 5) is 29.0. The van der Waals surface area contributed by atoms with E-state index >= 15 is 0 Å². The Bertz CT molecular complexity index is 1290. The third-order valence-electron chi connectivity index (χ3n) is 5.23. The molecular weight excluding hydrogens is 409 g/mol. The summed E-state index contributed by atoms with van der Waals surface area (Å²) in [6, 6.07) is 10.6. The van der Waals surface area contributed by atoms with Gasteiger partial charge in [0.1, 0.15) is 12.1 Å². The molecule has 0 unspecified atom stereocenters. The highest BCUT2D eigenvalue weighted by Gasteiger charge is 2.15. The molecule has 9 heteroatoms. The summed E-state index contributed by atoms with van der Waals surface area (Å²) in [5.74, 6) is -0.233. The maximum Gasteiger partial charge on any atom is 0.251 e. The molecular formula is C23H22FN7O. The molecule has 162 valence electrons. The van der Waals surface area contributed by atoms with Gasteiger partial charge >= 0.3 is 0 Å². The van der Waals surface area contributed by atoms with Gasteiger partial charge in [0.15, 0.2) is 11.6 Å². The second-order valence-corrected chi connectivity index (χ2v) is 7.34. The van der Waals surface area contributed by atoms with Crippen molar-refractivity contribution >= 4 is 28.4 Å². The first kappa shape index (κ1) is 21.1. The number of carbonyl (C=O) groups excluding carboxylic acids is 1. The van der Waals surface area contributed by atoms with Gasteiger partial charge in [-0.15, -0.1) is 0 Å². The van der Waals surface area contributed by atoms with Gasteiger partial charge in [0, 0.05) is 48.9 Å². The standard InChI is InChI=1S/C23H22FN7O/c1-13(15-4-3-5-16-17(23(32)26-2)6-7-27-21(15)16)10-28-20-9-19(30-12-31-20)14-8-18(24)22(25)29-11-14/h3-9,11-13H,10H2,1-2H3,(H2,25,29)(H,26,32)(H,28,30,31)/t13-/m1/s1. The van der Waals surface area contributed by atoms with Crippen LogP contribution < -0.4 is 16.4 Å². The summed E-state index contributed by atoms with van der Waals surface area (Å²) in [7, 11) is 1.61. The fourth-order valence-electron chi connectivity index (χ4n) is 3.50. The first-order valence-corrected chi connectivity index (χ1v) is 10.0. The van der Waals surface area contributed by atoms with Crippen molar-refractivity contribution in [1.29, 1.82) is 0 Å². The molecule has 0 aliphatic carbocycles. The van der Waals surface area contributed by atoms with Crippen molar-refractivity contribution in [2.24, 2.45) is 0 Å². The summed E-state index contributed by atoms with van der Waals surface area (Å²) in [6.45, 7) is 2.63. The van der Waals surface area contributed by atoms with E-state index < -0.39 is 5.82 Å². The lowest BCUT2D eigenvalue weighted by atomic mass is 9.96. The van der Waals surface area contributed by atoms with Crippen molar-refractivity contribution in [2.45, 2.75) is 12.8 Å². The van der Waals surface area contributed by atoms with Gasteiger partial charge in [0.2, 0.25) is 0 Å². The van der Waals surface area contributed by atoms with Gasteiger partial charge in [-0.05, 0) is 17.7 Å². The minimum atomic E-state index is -0.594. The number of fused-ring (bicyclic) bond motifs is 1. The largest absolute Gasteiger partial charge is 0.381 e. The molecule has 0 spiro atoms. The number of anilines is 2. The number of para-hydroxylation sites is 1. The van der Waals surface area contributed by atoms with Crippen molar-refractivity contribution in [3.05, 3.63) is 72.1 Å². The van der Waals surface area contributed by atoms with Crippen LogP contribution in [-0.4, -0.2) is 39.4 Å². The topological polar surface area (TPSA) is 119 Å². The fourth-order valence-corrected chi connectivity index (χ4v) is 3.50. The van der Waals surface area contributed by atoms with Crippen molar-refractivity contribution < 1.29 is 9.18 Å². The summed E-state index contributed by atoms with van der Waals surface area (Å²) in [5, 5.41) is 6.77. The van der Waals surface area contributed by atoms with E-state index in [9.17, 15) is 9.18 Å². The summed E-state index contributed by atoms with van der Waals surface area (Å²) in [6.07, 6.45) is 4.53. The molecule has 1 aromatic carbocycles. The molecule has 1 amide bonds. The lowest BCUT2D eigenvalue weighted by Crippen LogP contribution is -2.18. The number of nitrogens with one attached hydrogen (secondary N) is 2. The highest BCUT2D eigenvalue weighted by molar-refractivity contribution is 6.06. The first-order chi connectivity index (χ1) is 15.5. The number of hydrogen-bond donors (Lipinski definition) is 3. The van der Waals surface area contributed by atoms with Gasteiger partial charge in [-0.2, -0.15) is 0 Å². The van der Waals surface area contributed by atoms with Crippen LogP contribution in [0.4, 0.5) is 16.0 Å². The van der Waals surface area contributed by atoms with Gasteiger partial charge in [-0.1, -0.05) is 25.1 Å². The summed E-state index contributed by atoms with van der Waals surface area (Å²) >= 11 is 0. The maximum atomic E-state index is 13.8. The predicted molar refractivity (Wildman–Crippen MR) is 122 cm³/mol. The number of hydrogen-bond acceptors (Lipinski definition) is 7. The average molecular weight is 431 g/mol. The van der Waals surface area contributed by atoms with Crippen LogP contribution in [0.2, 0.25) is 0 Å². The zero-order chi connectivity index (χ0) is 22.7. The van der Waals surface area contributed by atoms with Crippen LogP contribution in [-0.2, 0) is 0 Å². The number of nitrogen functional groups attached to an aromatic ring is 1. The first-order valence-electron chi connectivity index (χ1n) is 10.0. The maximum absolute atomic E-state index is 13.8. The quantitative estimate of drug-likeness (QED) is 0.428. The molecule has 0 saturated heterocycles. The Balaban J connectivity index is 1.56. The van der Waals surface area contributed by atoms with Crippen molar-refractivity contribution in [3.8, 4) is 11.3 Å². The zero-order valence-corrected chi connectivity index (χ0v) is 17.6. The van der Waals surface area contributed by atoms with Gasteiger partial charge in [0.25, 0.3) is 5.91 Å². The molecule has 4 rings (SSSR count). The molecule has 4 aromatic rings. The van der Waals surface area contributed by atoms with E-state index in [0.717, 1.165) is 16.5 Å². The Morgan fingerprint density at radius 3 is 2.78 bits per heavy atom. The molecule has 0 fully saturated rings. The summed E-state index contributed by atoms with van der Waals surface area (Å²) < 4.78 is 13.8. The Morgan fingerprint density at radius 1 is 1.16 bits per heavy atom. The number of rotatable bonds is 6. The minimum absolute atomic E-state index is 0.0696. The van der Waals surface area contributed by atoms with Gasteiger partial charge < -0.3 is 16.4 Å². The number of aromatic nitrogens is 4. The third kappa shape index (κ3) is 4.18. The molecule has 0 bridgehead atoms. The molecule has 32 heavy (non-hydrogen) atoms. The van der Waals surface area contributed by atoms with Crippen molar-refractivity contribution in [1.82, 2.24) is 25.3 Å². The van der Waals surface area contributed by atoms with Gasteiger partial charge in [-0.3, -0.25) is 9.78 Å². The predicted octanol–water partition coefficient (Wildman–Crippen LogP) is 3.38. The van der Waals surface area contributed by atoms with E-state index in [0.29, 0.717) is 29.2 Å². The number of carbonyl (C=O) groups is 1. The van der Waals surface area contributed by atoms with Crippen LogP contribution >= 0.6 is 0 Å². The Kier molecular flexibility index (Phi) is 5.89. The number of pyridine rings is 2. The molecule has 4 N–H and O–H groups in total. The third-order valence-corrected chi connectivity index (χ3v) is 5.23. The highest BCUT2D eigenvalue weighted by Crippen LogP contribution is 2.27. The van der Waals surface area contributed by atoms with E-state index in [1.54, 1.807) is 25.4 Å². The molecule has 0 aliphatic heterocycles. The van der Waals surface area contributed by atoms with Crippen LogP contribution in [0.5, 0.6) is 0 Å². The van der Waals surface area contributed by atoms with E-state index in [1.807, 2.05) is 18.2 Å². The Labute approximate surface area is 184 Å². The number of nitrogens with two attached hydrogens (primary N) is 1. The molecule has 3 heterocycles. The smallest absolute Gasteiger partial charge is 0.251 e. The zero-order valence-electron chi connectivity index (χ0n) is 17.6. The average Bonchev–Trinajstić information content (AvgIpc) is 2.83. The summed E-state index contributed by atoms with van der Waals surface area (Å²) in [5.41, 5.74) is 8.88. The van der Waals surface area contributed by atoms with Crippen LogP contribution in [0, 0.1) is 5.82 Å². The van der Waals surface area contributed by atoms with E-state index in [2.05, 4.69) is 37.5 Å². The number of nitrogens with zero attached hydrogens (tertiary/aromatic N) is 4. The lowest BCUT2D eigenvalue weighted by Gasteiger charge is -2.16. The number of halogens is 1. The van der Waals surface area contributed by atoms with E-state index in [1.165, 1.54) is 18.6 Å². The van der Waals surface area contributed by atoms with Crippen molar-refractivity contribution in [2.75, 3.05) is 24.6 Å². The van der Waals surface area contributed by atoms with Gasteiger partial charge in [0.05, 0.1) is 16.8 Å².